The van der Waals surface area contributed by atoms with Gasteiger partial charge in [-0.2, -0.15) is 14.9 Å². The summed E-state index contributed by atoms with van der Waals surface area (Å²) < 4.78 is 17.7. The lowest BCUT2D eigenvalue weighted by Gasteiger charge is -2.11. The Bertz CT molecular complexity index is 1010. The highest BCUT2D eigenvalue weighted by Crippen LogP contribution is 2.19. The van der Waals surface area contributed by atoms with Crippen LogP contribution in [-0.4, -0.2) is 25.7 Å². The predicted molar refractivity (Wildman–Crippen MR) is 105 cm³/mol. The Hall–Kier alpha value is -2.54. The molecule has 0 saturated carbocycles. The van der Waals surface area contributed by atoms with E-state index in [1.807, 2.05) is 0 Å². The van der Waals surface area contributed by atoms with E-state index in [0.29, 0.717) is 22.1 Å². The third-order valence-electron chi connectivity index (χ3n) is 4.21. The van der Waals surface area contributed by atoms with Crippen LogP contribution in [0.5, 0.6) is 0 Å². The van der Waals surface area contributed by atoms with Crippen LogP contribution < -0.4 is 0 Å². The molecule has 5 nitrogen and oxygen atoms in total. The van der Waals surface area contributed by atoms with Gasteiger partial charge in [0.05, 0.1) is 6.21 Å². The Balaban J connectivity index is 1.98. The van der Waals surface area contributed by atoms with E-state index < -0.39 is 0 Å². The maximum atomic E-state index is 13.5. The second-order valence-corrected chi connectivity index (χ2v) is 7.14. The van der Waals surface area contributed by atoms with E-state index in [2.05, 4.69) is 53.6 Å². The summed E-state index contributed by atoms with van der Waals surface area (Å²) in [6.45, 7) is 9.53. The van der Waals surface area contributed by atoms with Gasteiger partial charge in [0, 0.05) is 29.1 Å². The zero-order chi connectivity index (χ0) is 18.8. The molecule has 0 spiro atoms. The van der Waals surface area contributed by atoms with Crippen LogP contribution in [0.2, 0.25) is 0 Å². The molecule has 136 valence electrons. The number of H-pyrrole nitrogens is 1. The van der Waals surface area contributed by atoms with Gasteiger partial charge in [0.15, 0.2) is 5.82 Å². The number of aryl methyl sites for hydroxylation is 1. The highest BCUT2D eigenvalue weighted by Gasteiger charge is 2.11. The summed E-state index contributed by atoms with van der Waals surface area (Å²) in [5, 5.41) is 11.4. The van der Waals surface area contributed by atoms with E-state index in [1.54, 1.807) is 18.3 Å². The van der Waals surface area contributed by atoms with Gasteiger partial charge in [-0.15, -0.1) is 0 Å². The van der Waals surface area contributed by atoms with Crippen molar-refractivity contribution in [2.75, 3.05) is 0 Å². The molecule has 0 unspecified atom stereocenters. The second kappa shape index (κ2) is 7.37. The number of rotatable bonds is 5. The van der Waals surface area contributed by atoms with E-state index in [1.165, 1.54) is 22.5 Å². The Morgan fingerprint density at radius 1 is 1.31 bits per heavy atom. The molecule has 26 heavy (non-hydrogen) atoms. The fourth-order valence-corrected chi connectivity index (χ4v) is 3.12. The minimum Gasteiger partial charge on any atom is -0.348 e. The number of nitrogens with zero attached hydrogens (tertiary/aromatic N) is 4. The number of benzene rings is 1. The van der Waals surface area contributed by atoms with Gasteiger partial charge < -0.3 is 4.57 Å². The Labute approximate surface area is 157 Å². The summed E-state index contributed by atoms with van der Waals surface area (Å²) in [6.07, 6.45) is 1.77. The van der Waals surface area contributed by atoms with Gasteiger partial charge in [0.2, 0.25) is 4.77 Å². The molecular formula is C19H22FN5S. The molecule has 0 bridgehead atoms. The van der Waals surface area contributed by atoms with E-state index in [-0.39, 0.29) is 5.82 Å². The fourth-order valence-electron chi connectivity index (χ4n) is 2.94. The molecule has 0 aliphatic rings. The van der Waals surface area contributed by atoms with Crippen molar-refractivity contribution >= 4 is 18.4 Å². The molecule has 1 aromatic carbocycles. The molecule has 1 N–H and O–H groups in total. The lowest BCUT2D eigenvalue weighted by molar-refractivity contribution is 0.509. The number of aromatic nitrogens is 4. The van der Waals surface area contributed by atoms with E-state index in [4.69, 9.17) is 12.2 Å². The van der Waals surface area contributed by atoms with Gasteiger partial charge >= 0.3 is 0 Å². The molecule has 2 heterocycles. The number of nitrogens with one attached hydrogen (secondary N) is 1. The molecule has 0 aliphatic heterocycles. The molecule has 0 fully saturated rings. The fraction of sp³-hybridized carbons (Fsp3) is 0.316. The first-order chi connectivity index (χ1) is 12.4. The first-order valence-corrected chi connectivity index (χ1v) is 8.92. The number of aromatic amines is 1. The van der Waals surface area contributed by atoms with Crippen LogP contribution in [0.15, 0.2) is 35.4 Å². The molecule has 3 rings (SSSR count). The molecule has 0 radical (unpaired) electrons. The van der Waals surface area contributed by atoms with Crippen molar-refractivity contribution in [2.45, 2.75) is 34.2 Å². The zero-order valence-corrected chi connectivity index (χ0v) is 16.1. The smallest absolute Gasteiger partial charge is 0.216 e. The van der Waals surface area contributed by atoms with Crippen molar-refractivity contribution in [1.82, 2.24) is 19.4 Å². The van der Waals surface area contributed by atoms with Crippen LogP contribution in [0.1, 0.15) is 30.8 Å². The summed E-state index contributed by atoms with van der Waals surface area (Å²) in [5.74, 6) is 0.706. The van der Waals surface area contributed by atoms with Crippen LogP contribution in [0.3, 0.4) is 0 Å². The summed E-state index contributed by atoms with van der Waals surface area (Å²) in [7, 11) is 0. The normalized spacial score (nSPS) is 11.8. The number of hydrogen-bond donors (Lipinski definition) is 1. The lowest BCUT2D eigenvalue weighted by Crippen LogP contribution is -2.08. The summed E-state index contributed by atoms with van der Waals surface area (Å²) >= 11 is 5.27. The first kappa shape index (κ1) is 18.3. The minimum atomic E-state index is -0.329. The maximum absolute atomic E-state index is 13.5. The molecule has 2 aromatic heterocycles. The quantitative estimate of drug-likeness (QED) is 0.522. The summed E-state index contributed by atoms with van der Waals surface area (Å²) in [5.41, 5.74) is 3.98. The van der Waals surface area contributed by atoms with Gasteiger partial charge in [-0.05, 0) is 50.2 Å². The van der Waals surface area contributed by atoms with E-state index in [9.17, 15) is 4.39 Å². The van der Waals surface area contributed by atoms with Crippen molar-refractivity contribution in [3.8, 4) is 11.4 Å². The van der Waals surface area contributed by atoms with Gasteiger partial charge in [-0.1, -0.05) is 26.0 Å². The molecule has 0 aliphatic carbocycles. The number of halogens is 1. The Kier molecular flexibility index (Phi) is 5.18. The maximum Gasteiger partial charge on any atom is 0.216 e. The lowest BCUT2D eigenvalue weighted by atomic mass is 10.2. The van der Waals surface area contributed by atoms with Crippen LogP contribution in [0.25, 0.3) is 11.4 Å². The van der Waals surface area contributed by atoms with Crippen LogP contribution in [0.4, 0.5) is 4.39 Å². The Morgan fingerprint density at radius 3 is 2.77 bits per heavy atom. The molecule has 0 amide bonds. The predicted octanol–water partition coefficient (Wildman–Crippen LogP) is 4.70. The van der Waals surface area contributed by atoms with Gasteiger partial charge in [0.1, 0.15) is 5.82 Å². The average molecular weight is 371 g/mol. The summed E-state index contributed by atoms with van der Waals surface area (Å²) in [6, 6.07) is 8.31. The minimum absolute atomic E-state index is 0.329. The summed E-state index contributed by atoms with van der Waals surface area (Å²) in [4.78, 5) is 0. The van der Waals surface area contributed by atoms with Crippen molar-refractivity contribution in [3.05, 3.63) is 57.9 Å². The molecule has 7 heteroatoms. The largest absolute Gasteiger partial charge is 0.348 e. The second-order valence-electron chi connectivity index (χ2n) is 6.75. The van der Waals surface area contributed by atoms with E-state index >= 15 is 0 Å². The van der Waals surface area contributed by atoms with E-state index in [0.717, 1.165) is 17.8 Å². The number of hydrogen-bond acceptors (Lipinski definition) is 3. The average Bonchev–Trinajstić information content (AvgIpc) is 3.07. The standard InChI is InChI=1S/C19H22FN5S/c1-12(2)11-24-13(3)8-16(14(24)4)10-21-25-18(22-23-19(25)26)15-6-5-7-17(20)9-15/h5-10,12H,11H2,1-4H3,(H,23,26)/b21-10-. The first-order valence-electron chi connectivity index (χ1n) is 8.51. The molecule has 0 saturated heterocycles. The van der Waals surface area contributed by atoms with Crippen LogP contribution >= 0.6 is 12.2 Å². The SMILES string of the molecule is Cc1cc(/C=N\n2c(-c3cccc(F)c3)n[nH]c2=S)c(C)n1CC(C)C. The van der Waals surface area contributed by atoms with Crippen molar-refractivity contribution < 1.29 is 4.39 Å². The van der Waals surface area contributed by atoms with Gasteiger partial charge in [0.25, 0.3) is 0 Å². The van der Waals surface area contributed by atoms with Crippen molar-refractivity contribution in [2.24, 2.45) is 11.0 Å². The van der Waals surface area contributed by atoms with Crippen LogP contribution in [-0.2, 0) is 6.54 Å². The third kappa shape index (κ3) is 3.67. The molecular weight excluding hydrogens is 349 g/mol. The highest BCUT2D eigenvalue weighted by molar-refractivity contribution is 7.71. The Morgan fingerprint density at radius 2 is 2.08 bits per heavy atom. The zero-order valence-electron chi connectivity index (χ0n) is 15.3. The van der Waals surface area contributed by atoms with Crippen LogP contribution in [0, 0.1) is 30.4 Å². The van der Waals surface area contributed by atoms with Gasteiger partial charge in [-0.3, -0.25) is 0 Å². The van der Waals surface area contributed by atoms with Gasteiger partial charge in [-0.25, -0.2) is 9.49 Å². The van der Waals surface area contributed by atoms with Crippen molar-refractivity contribution in [1.29, 1.82) is 0 Å². The monoisotopic (exact) mass is 371 g/mol. The molecule has 0 atom stereocenters. The van der Waals surface area contributed by atoms with Crippen molar-refractivity contribution in [3.63, 3.8) is 0 Å². The third-order valence-corrected chi connectivity index (χ3v) is 4.47. The molecule has 3 aromatic rings. The topological polar surface area (TPSA) is 50.9 Å². The highest BCUT2D eigenvalue weighted by atomic mass is 32.1.